The minimum Gasteiger partial charge on any atom is -0.486 e. The van der Waals surface area contributed by atoms with Gasteiger partial charge in [0.05, 0.1) is 15.5 Å². The summed E-state index contributed by atoms with van der Waals surface area (Å²) in [4.78, 5) is 0. The molecular weight excluding hydrogens is 498 g/mol. The summed E-state index contributed by atoms with van der Waals surface area (Å²) < 4.78 is 9.15. The predicted octanol–water partition coefficient (Wildman–Crippen LogP) is 6.54. The highest BCUT2D eigenvalue weighted by molar-refractivity contribution is 9.11. The Hall–Kier alpha value is -1.04. The molecule has 122 valence electrons. The lowest BCUT2D eigenvalue weighted by molar-refractivity contribution is 0.208. The van der Waals surface area contributed by atoms with Crippen LogP contribution in [0.4, 0.5) is 5.69 Å². The van der Waals surface area contributed by atoms with Crippen molar-refractivity contribution in [1.29, 1.82) is 0 Å². The number of anilines is 1. The van der Waals surface area contributed by atoms with Crippen LogP contribution in [0.15, 0.2) is 61.9 Å². The van der Waals surface area contributed by atoms with E-state index in [1.54, 1.807) is 0 Å². The lowest BCUT2D eigenvalue weighted by Crippen LogP contribution is -2.33. The average molecular weight is 512 g/mol. The van der Waals surface area contributed by atoms with Gasteiger partial charge in [0.15, 0.2) is 0 Å². The van der Waals surface area contributed by atoms with Gasteiger partial charge in [-0.15, -0.1) is 0 Å². The molecule has 0 spiro atoms. The molecule has 0 fully saturated rings. The minimum absolute atomic E-state index is 0.0902. The van der Waals surface area contributed by atoms with Crippen molar-refractivity contribution >= 4 is 64.2 Å². The molecule has 5 heteroatoms. The summed E-state index contributed by atoms with van der Waals surface area (Å²) in [5, 5.41) is 6.10. The Kier molecular flexibility index (Phi) is 4.58. The Morgan fingerprint density at radius 2 is 1.71 bits per heavy atom. The maximum absolute atomic E-state index is 6.26. The number of rotatable bonds is 2. The Balaban J connectivity index is 1.62. The number of halogens is 3. The number of hydrogen-bond acceptors (Lipinski definition) is 2. The third kappa shape index (κ3) is 3.09. The molecule has 3 aromatic rings. The summed E-state index contributed by atoms with van der Waals surface area (Å²) in [6.45, 7) is 0.788. The van der Waals surface area contributed by atoms with E-state index in [1.807, 2.05) is 12.1 Å². The molecule has 2 nitrogen and oxygen atoms in total. The van der Waals surface area contributed by atoms with E-state index in [4.69, 9.17) is 4.74 Å². The zero-order chi connectivity index (χ0) is 16.7. The van der Waals surface area contributed by atoms with E-state index in [1.165, 1.54) is 22.0 Å². The summed E-state index contributed by atoms with van der Waals surface area (Å²) in [5.74, 6) is 0.842. The average Bonchev–Trinajstić information content (AvgIpc) is 2.57. The largest absolute Gasteiger partial charge is 0.486 e. The van der Waals surface area contributed by atoms with E-state index in [2.05, 4.69) is 89.5 Å². The van der Waals surface area contributed by atoms with Crippen LogP contribution < -0.4 is 10.1 Å². The molecule has 1 atom stereocenters. The Morgan fingerprint density at radius 3 is 2.50 bits per heavy atom. The van der Waals surface area contributed by atoms with Crippen LogP contribution in [0.3, 0.4) is 0 Å². The van der Waals surface area contributed by atoms with Gasteiger partial charge in [-0.25, -0.2) is 0 Å². The first-order valence-electron chi connectivity index (χ1n) is 7.67. The smallest absolute Gasteiger partial charge is 0.148 e. The van der Waals surface area contributed by atoms with Crippen molar-refractivity contribution in [1.82, 2.24) is 0 Å². The first-order valence-corrected chi connectivity index (χ1v) is 10.1. The monoisotopic (exact) mass is 509 g/mol. The second kappa shape index (κ2) is 6.70. The lowest BCUT2D eigenvalue weighted by atomic mass is 9.96. The van der Waals surface area contributed by atoms with E-state index in [0.29, 0.717) is 0 Å². The minimum atomic E-state index is 0.0902. The lowest BCUT2D eigenvalue weighted by Gasteiger charge is -2.28. The molecule has 0 aromatic heterocycles. The first-order chi connectivity index (χ1) is 11.6. The van der Waals surface area contributed by atoms with Crippen molar-refractivity contribution in [2.24, 2.45) is 0 Å². The van der Waals surface area contributed by atoms with Gasteiger partial charge in [0.1, 0.15) is 11.9 Å². The molecule has 1 aliphatic rings. The molecule has 0 saturated carbocycles. The second-order valence-electron chi connectivity index (χ2n) is 5.84. The third-order valence-corrected chi connectivity index (χ3v) is 5.85. The van der Waals surface area contributed by atoms with Crippen LogP contribution in [0.2, 0.25) is 0 Å². The Labute approximate surface area is 166 Å². The molecule has 1 N–H and O–H groups in total. The SMILES string of the molecule is Brc1cc(Br)c(OC2CNc3c(ccc4ccccc34)C2)c(Br)c1. The summed E-state index contributed by atoms with van der Waals surface area (Å²) in [6, 6.07) is 16.9. The van der Waals surface area contributed by atoms with E-state index < -0.39 is 0 Å². The van der Waals surface area contributed by atoms with Gasteiger partial charge in [-0.1, -0.05) is 52.3 Å². The fraction of sp³-hybridized carbons (Fsp3) is 0.158. The van der Waals surface area contributed by atoms with E-state index in [0.717, 1.165) is 32.1 Å². The number of ether oxygens (including phenoxy) is 1. The standard InChI is InChI=1S/C19H14Br3NO/c20-13-8-16(21)19(17(22)9-13)24-14-7-12-6-5-11-3-1-2-4-15(11)18(12)23-10-14/h1-6,8-9,14,23H,7,10H2. The fourth-order valence-corrected chi connectivity index (χ4v) is 5.57. The molecule has 0 saturated heterocycles. The third-order valence-electron chi connectivity index (χ3n) is 4.22. The zero-order valence-electron chi connectivity index (χ0n) is 12.7. The van der Waals surface area contributed by atoms with Crippen molar-refractivity contribution in [3.63, 3.8) is 0 Å². The van der Waals surface area contributed by atoms with Crippen LogP contribution in [0.25, 0.3) is 10.8 Å². The summed E-state index contributed by atoms with van der Waals surface area (Å²) >= 11 is 10.7. The molecular formula is C19H14Br3NO. The quantitative estimate of drug-likeness (QED) is 0.421. The molecule has 0 radical (unpaired) electrons. The van der Waals surface area contributed by atoms with Crippen LogP contribution >= 0.6 is 47.8 Å². The molecule has 1 unspecified atom stereocenters. The molecule has 1 heterocycles. The van der Waals surface area contributed by atoms with Crippen molar-refractivity contribution in [3.05, 3.63) is 67.5 Å². The first kappa shape index (κ1) is 16.4. The van der Waals surface area contributed by atoms with Crippen molar-refractivity contribution in [3.8, 4) is 5.75 Å². The normalized spacial score (nSPS) is 16.5. The number of nitrogens with one attached hydrogen (secondary N) is 1. The van der Waals surface area contributed by atoms with Crippen molar-refractivity contribution < 1.29 is 4.74 Å². The molecule has 1 aliphatic heterocycles. The van der Waals surface area contributed by atoms with Gasteiger partial charge in [0.25, 0.3) is 0 Å². The number of hydrogen-bond donors (Lipinski definition) is 1. The van der Waals surface area contributed by atoms with Gasteiger partial charge in [-0.05, 0) is 54.9 Å². The highest BCUT2D eigenvalue weighted by atomic mass is 79.9. The van der Waals surface area contributed by atoms with Gasteiger partial charge in [0.2, 0.25) is 0 Å². The molecule has 3 aromatic carbocycles. The molecule has 24 heavy (non-hydrogen) atoms. The van der Waals surface area contributed by atoms with E-state index in [-0.39, 0.29) is 6.10 Å². The van der Waals surface area contributed by atoms with Crippen LogP contribution in [-0.2, 0) is 6.42 Å². The topological polar surface area (TPSA) is 21.3 Å². The highest BCUT2D eigenvalue weighted by Gasteiger charge is 2.23. The van der Waals surface area contributed by atoms with Crippen molar-refractivity contribution in [2.75, 3.05) is 11.9 Å². The van der Waals surface area contributed by atoms with E-state index >= 15 is 0 Å². The van der Waals surface area contributed by atoms with Gasteiger partial charge >= 0.3 is 0 Å². The summed E-state index contributed by atoms with van der Waals surface area (Å²) in [7, 11) is 0. The van der Waals surface area contributed by atoms with Crippen LogP contribution in [0.1, 0.15) is 5.56 Å². The maximum Gasteiger partial charge on any atom is 0.148 e. The summed E-state index contributed by atoms with van der Waals surface area (Å²) in [5.41, 5.74) is 2.54. The fourth-order valence-electron chi connectivity index (χ4n) is 3.12. The van der Waals surface area contributed by atoms with Crippen molar-refractivity contribution in [2.45, 2.75) is 12.5 Å². The van der Waals surface area contributed by atoms with Gasteiger partial charge in [-0.3, -0.25) is 0 Å². The number of fused-ring (bicyclic) bond motifs is 3. The van der Waals surface area contributed by atoms with Crippen LogP contribution in [0.5, 0.6) is 5.75 Å². The number of benzene rings is 3. The van der Waals surface area contributed by atoms with E-state index in [9.17, 15) is 0 Å². The molecule has 0 amide bonds. The maximum atomic E-state index is 6.26. The van der Waals surface area contributed by atoms with Gasteiger partial charge < -0.3 is 10.1 Å². The second-order valence-corrected chi connectivity index (χ2v) is 8.47. The molecule has 4 rings (SSSR count). The van der Waals surface area contributed by atoms with Gasteiger partial charge in [0, 0.05) is 22.0 Å². The van der Waals surface area contributed by atoms with Crippen LogP contribution in [-0.4, -0.2) is 12.6 Å². The molecule has 0 aliphatic carbocycles. The Bertz CT molecular complexity index is 903. The molecule has 0 bridgehead atoms. The predicted molar refractivity (Wildman–Crippen MR) is 110 cm³/mol. The van der Waals surface area contributed by atoms with Gasteiger partial charge in [-0.2, -0.15) is 0 Å². The Morgan fingerprint density at radius 1 is 0.958 bits per heavy atom. The summed E-state index contributed by atoms with van der Waals surface area (Å²) in [6.07, 6.45) is 0.981. The highest BCUT2D eigenvalue weighted by Crippen LogP contribution is 2.38. The van der Waals surface area contributed by atoms with Crippen LogP contribution in [0, 0.1) is 0 Å². The zero-order valence-corrected chi connectivity index (χ0v) is 17.4.